The third kappa shape index (κ3) is 3.49. The van der Waals surface area contributed by atoms with Crippen molar-refractivity contribution in [3.05, 3.63) is 48.2 Å². The van der Waals surface area contributed by atoms with Crippen molar-refractivity contribution in [2.45, 2.75) is 11.9 Å². The van der Waals surface area contributed by atoms with Gasteiger partial charge in [-0.3, -0.25) is 4.72 Å². The van der Waals surface area contributed by atoms with Crippen molar-refractivity contribution in [1.82, 2.24) is 4.98 Å². The molecular weight excluding hydrogens is 288 g/mol. The number of sulfonamides is 1. The highest BCUT2D eigenvalue weighted by molar-refractivity contribution is 7.92. The summed E-state index contributed by atoms with van der Waals surface area (Å²) in [4.78, 5) is 3.93. The Labute approximate surface area is 123 Å². The van der Waals surface area contributed by atoms with Crippen LogP contribution in [0.4, 0.5) is 11.4 Å². The third-order valence-corrected chi connectivity index (χ3v) is 4.00. The number of nitriles is 1. The lowest BCUT2D eigenvalue weighted by Gasteiger charge is -2.11. The second kappa shape index (κ2) is 6.24. The van der Waals surface area contributed by atoms with Crippen molar-refractivity contribution in [1.29, 1.82) is 5.26 Å². The van der Waals surface area contributed by atoms with Gasteiger partial charge in [0, 0.05) is 18.4 Å². The molecule has 6 nitrogen and oxygen atoms in total. The van der Waals surface area contributed by atoms with Crippen LogP contribution in [-0.2, 0) is 10.0 Å². The molecule has 2 aromatic rings. The minimum absolute atomic E-state index is 0.0591. The van der Waals surface area contributed by atoms with Gasteiger partial charge in [0.15, 0.2) is 5.03 Å². The molecule has 2 rings (SSSR count). The molecule has 2 N–H and O–H groups in total. The van der Waals surface area contributed by atoms with Crippen LogP contribution in [0.2, 0.25) is 0 Å². The van der Waals surface area contributed by atoms with Gasteiger partial charge in [0.2, 0.25) is 0 Å². The molecule has 7 heteroatoms. The minimum atomic E-state index is -3.79. The maximum absolute atomic E-state index is 12.4. The molecule has 0 bridgehead atoms. The number of pyridine rings is 1. The van der Waals surface area contributed by atoms with Crippen molar-refractivity contribution < 1.29 is 8.42 Å². The molecule has 0 aliphatic rings. The van der Waals surface area contributed by atoms with Crippen LogP contribution in [-0.4, -0.2) is 19.9 Å². The van der Waals surface area contributed by atoms with Crippen LogP contribution in [0.1, 0.15) is 12.5 Å². The maximum atomic E-state index is 12.4. The Kier molecular flexibility index (Phi) is 4.40. The number of anilines is 2. The molecular formula is C14H14N4O2S. The summed E-state index contributed by atoms with van der Waals surface area (Å²) in [7, 11) is -3.79. The molecule has 1 aromatic carbocycles. The van der Waals surface area contributed by atoms with E-state index in [4.69, 9.17) is 5.26 Å². The van der Waals surface area contributed by atoms with E-state index >= 15 is 0 Å². The second-order valence-corrected chi connectivity index (χ2v) is 5.78. The van der Waals surface area contributed by atoms with Gasteiger partial charge >= 0.3 is 0 Å². The quantitative estimate of drug-likeness (QED) is 0.882. The number of aromatic nitrogens is 1. The number of hydrogen-bond donors (Lipinski definition) is 2. The summed E-state index contributed by atoms with van der Waals surface area (Å²) >= 11 is 0. The summed E-state index contributed by atoms with van der Waals surface area (Å²) in [5, 5.41) is 11.6. The van der Waals surface area contributed by atoms with Crippen LogP contribution in [0.25, 0.3) is 0 Å². The van der Waals surface area contributed by atoms with Crippen LogP contribution in [0, 0.1) is 11.3 Å². The summed E-state index contributed by atoms with van der Waals surface area (Å²) < 4.78 is 27.2. The maximum Gasteiger partial charge on any atom is 0.281 e. The molecule has 0 radical (unpaired) electrons. The number of nitrogens with one attached hydrogen (secondary N) is 2. The van der Waals surface area contributed by atoms with E-state index in [1.807, 2.05) is 13.0 Å². The van der Waals surface area contributed by atoms with E-state index in [1.165, 1.54) is 18.3 Å². The lowest BCUT2D eigenvalue weighted by atomic mass is 10.2. The normalized spacial score (nSPS) is 10.7. The summed E-state index contributed by atoms with van der Waals surface area (Å²) in [5.41, 5.74) is 1.28. The first kappa shape index (κ1) is 14.8. The van der Waals surface area contributed by atoms with Gasteiger partial charge < -0.3 is 5.32 Å². The topological polar surface area (TPSA) is 94.9 Å². The smallest absolute Gasteiger partial charge is 0.281 e. The molecule has 0 fully saturated rings. The lowest BCUT2D eigenvalue weighted by molar-refractivity contribution is 0.598. The average Bonchev–Trinajstić information content (AvgIpc) is 2.48. The fourth-order valence-corrected chi connectivity index (χ4v) is 2.92. The van der Waals surface area contributed by atoms with Crippen molar-refractivity contribution >= 4 is 21.4 Å². The van der Waals surface area contributed by atoms with Gasteiger partial charge in [-0.25, -0.2) is 4.98 Å². The fourth-order valence-electron chi connectivity index (χ4n) is 1.75. The van der Waals surface area contributed by atoms with Crippen molar-refractivity contribution in [2.24, 2.45) is 0 Å². The molecule has 0 aliphatic carbocycles. The highest BCUT2D eigenvalue weighted by Gasteiger charge is 2.19. The minimum Gasteiger partial charge on any atom is -0.383 e. The molecule has 0 atom stereocenters. The van der Waals surface area contributed by atoms with E-state index in [2.05, 4.69) is 15.0 Å². The van der Waals surface area contributed by atoms with Gasteiger partial charge in [-0.2, -0.15) is 13.7 Å². The Bertz CT molecular complexity index is 764. The highest BCUT2D eigenvalue weighted by atomic mass is 32.2. The largest absolute Gasteiger partial charge is 0.383 e. The number of nitrogens with zero attached hydrogens (tertiary/aromatic N) is 2. The van der Waals surface area contributed by atoms with Crippen molar-refractivity contribution in [3.63, 3.8) is 0 Å². The molecule has 0 spiro atoms. The van der Waals surface area contributed by atoms with Crippen LogP contribution >= 0.6 is 0 Å². The van der Waals surface area contributed by atoms with Gasteiger partial charge in [-0.05, 0) is 43.3 Å². The van der Waals surface area contributed by atoms with Crippen LogP contribution in [0.5, 0.6) is 0 Å². The van der Waals surface area contributed by atoms with E-state index in [-0.39, 0.29) is 5.03 Å². The summed E-state index contributed by atoms with van der Waals surface area (Å²) in [6.45, 7) is 2.46. The van der Waals surface area contributed by atoms with E-state index < -0.39 is 10.0 Å². The first-order chi connectivity index (χ1) is 10.1. The predicted molar refractivity (Wildman–Crippen MR) is 80.4 cm³/mol. The van der Waals surface area contributed by atoms with Crippen LogP contribution in [0.15, 0.2) is 47.6 Å². The summed E-state index contributed by atoms with van der Waals surface area (Å²) in [5.74, 6) is 0. The van der Waals surface area contributed by atoms with Crippen molar-refractivity contribution in [2.75, 3.05) is 16.6 Å². The Hall–Kier alpha value is -2.59. The Morgan fingerprint density at radius 3 is 2.57 bits per heavy atom. The lowest BCUT2D eigenvalue weighted by Crippen LogP contribution is -2.17. The van der Waals surface area contributed by atoms with Gasteiger partial charge in [0.1, 0.15) is 0 Å². The van der Waals surface area contributed by atoms with E-state index in [0.29, 0.717) is 23.5 Å². The molecule has 0 amide bonds. The first-order valence-corrected chi connectivity index (χ1v) is 7.77. The molecule has 0 aliphatic heterocycles. The van der Waals surface area contributed by atoms with E-state index in [0.717, 1.165) is 0 Å². The second-order valence-electron chi connectivity index (χ2n) is 4.18. The fraction of sp³-hybridized carbons (Fsp3) is 0.143. The molecule has 1 heterocycles. The molecule has 0 saturated heterocycles. The zero-order valence-electron chi connectivity index (χ0n) is 11.4. The van der Waals surface area contributed by atoms with Crippen LogP contribution < -0.4 is 10.0 Å². The SMILES string of the molecule is CCNc1cccnc1S(=O)(=O)Nc1ccc(C#N)cc1. The molecule has 0 saturated carbocycles. The summed E-state index contributed by atoms with van der Waals surface area (Å²) in [6, 6.07) is 11.5. The third-order valence-electron chi connectivity index (χ3n) is 2.66. The Morgan fingerprint density at radius 2 is 1.95 bits per heavy atom. The zero-order chi connectivity index (χ0) is 15.3. The molecule has 0 unspecified atom stereocenters. The number of benzene rings is 1. The molecule has 1 aromatic heterocycles. The number of rotatable bonds is 5. The van der Waals surface area contributed by atoms with Gasteiger partial charge in [0.05, 0.1) is 17.3 Å². The standard InChI is InChI=1S/C14H14N4O2S/c1-2-16-13-4-3-9-17-14(13)21(19,20)18-12-7-5-11(10-15)6-8-12/h3-9,16,18H,2H2,1H3. The summed E-state index contributed by atoms with van der Waals surface area (Å²) in [6.07, 6.45) is 1.42. The van der Waals surface area contributed by atoms with Gasteiger partial charge in [-0.15, -0.1) is 0 Å². The van der Waals surface area contributed by atoms with Gasteiger partial charge in [0.25, 0.3) is 10.0 Å². The van der Waals surface area contributed by atoms with E-state index in [1.54, 1.807) is 24.3 Å². The Morgan fingerprint density at radius 1 is 1.24 bits per heavy atom. The van der Waals surface area contributed by atoms with Crippen molar-refractivity contribution in [3.8, 4) is 6.07 Å². The predicted octanol–water partition coefficient (Wildman–Crippen LogP) is 2.19. The molecule has 108 valence electrons. The molecule has 21 heavy (non-hydrogen) atoms. The van der Waals surface area contributed by atoms with Gasteiger partial charge in [-0.1, -0.05) is 0 Å². The average molecular weight is 302 g/mol. The van der Waals surface area contributed by atoms with Crippen LogP contribution in [0.3, 0.4) is 0 Å². The monoisotopic (exact) mass is 302 g/mol. The highest BCUT2D eigenvalue weighted by Crippen LogP contribution is 2.21. The number of hydrogen-bond acceptors (Lipinski definition) is 5. The van der Waals surface area contributed by atoms with E-state index in [9.17, 15) is 8.42 Å². The first-order valence-electron chi connectivity index (χ1n) is 6.28. The zero-order valence-corrected chi connectivity index (χ0v) is 12.2. The Balaban J connectivity index is 2.32.